The number of aromatic hydroxyl groups is 1. The summed E-state index contributed by atoms with van der Waals surface area (Å²) in [5, 5.41) is 23.1. The van der Waals surface area contributed by atoms with Gasteiger partial charge in [0.2, 0.25) is 5.91 Å². The molecular weight excluding hydrogens is 402 g/mol. The molecule has 5 rings (SSSR count). The van der Waals surface area contributed by atoms with Crippen LogP contribution in [0.3, 0.4) is 0 Å². The predicted molar refractivity (Wildman–Crippen MR) is 125 cm³/mol. The fourth-order valence-corrected chi connectivity index (χ4v) is 5.07. The van der Waals surface area contributed by atoms with E-state index in [0.717, 1.165) is 43.7 Å². The highest BCUT2D eigenvalue weighted by Crippen LogP contribution is 2.32. The summed E-state index contributed by atoms with van der Waals surface area (Å²) in [4.78, 5) is 16.0. The zero-order chi connectivity index (χ0) is 22.1. The number of aromatic nitrogens is 2. The Bertz CT molecular complexity index is 990. The molecular formula is C25H31N5O2. The van der Waals surface area contributed by atoms with Crippen molar-refractivity contribution in [1.29, 1.82) is 0 Å². The number of anilines is 1. The average molecular weight is 434 g/mol. The third-order valence-corrected chi connectivity index (χ3v) is 7.13. The van der Waals surface area contributed by atoms with E-state index in [9.17, 15) is 9.90 Å². The van der Waals surface area contributed by atoms with Crippen molar-refractivity contribution in [3.8, 4) is 17.0 Å². The molecule has 2 aromatic rings. The number of phenolic OH excluding ortho intramolecular Hbond substituents is 1. The lowest BCUT2D eigenvalue weighted by Crippen LogP contribution is -2.54. The van der Waals surface area contributed by atoms with Gasteiger partial charge in [-0.2, -0.15) is 0 Å². The molecule has 1 amide bonds. The number of nitrogens with zero attached hydrogens (tertiary/aromatic N) is 4. The number of fused-ring (bicyclic) bond motifs is 2. The minimum atomic E-state index is 0.0165. The van der Waals surface area contributed by atoms with Crippen molar-refractivity contribution in [2.75, 3.05) is 25.0 Å². The van der Waals surface area contributed by atoms with Crippen LogP contribution >= 0.6 is 0 Å². The molecule has 32 heavy (non-hydrogen) atoms. The zero-order valence-electron chi connectivity index (χ0n) is 18.6. The van der Waals surface area contributed by atoms with Crippen molar-refractivity contribution in [1.82, 2.24) is 20.4 Å². The van der Waals surface area contributed by atoms with Crippen LogP contribution in [0.1, 0.15) is 44.1 Å². The van der Waals surface area contributed by atoms with Crippen LogP contribution in [-0.4, -0.2) is 64.4 Å². The molecule has 1 aromatic heterocycles. The second-order valence-corrected chi connectivity index (χ2v) is 9.29. The molecule has 1 aromatic carbocycles. The third kappa shape index (κ3) is 4.35. The summed E-state index contributed by atoms with van der Waals surface area (Å²) in [6.07, 6.45) is 10.5. The van der Waals surface area contributed by atoms with Gasteiger partial charge in [0.05, 0.1) is 5.69 Å². The number of phenols is 1. The van der Waals surface area contributed by atoms with Gasteiger partial charge in [0.1, 0.15) is 5.75 Å². The minimum absolute atomic E-state index is 0.0165. The first-order valence-corrected chi connectivity index (χ1v) is 11.7. The minimum Gasteiger partial charge on any atom is -0.507 e. The SMILES string of the molecule is CN(c1ccc(-c2ccc(/C=C/C(=O)N3CCC3)cc2O)nn1)C1C[C@H]2CCC[C@@H](C1)N2. The van der Waals surface area contributed by atoms with E-state index < -0.39 is 0 Å². The summed E-state index contributed by atoms with van der Waals surface area (Å²) < 4.78 is 0. The van der Waals surface area contributed by atoms with Gasteiger partial charge in [0.25, 0.3) is 0 Å². The number of amides is 1. The smallest absolute Gasteiger partial charge is 0.246 e. The highest BCUT2D eigenvalue weighted by Gasteiger charge is 2.33. The Hall–Kier alpha value is -2.93. The van der Waals surface area contributed by atoms with Gasteiger partial charge in [-0.05, 0) is 68.0 Å². The summed E-state index contributed by atoms with van der Waals surface area (Å²) in [6, 6.07) is 11.0. The van der Waals surface area contributed by atoms with Crippen molar-refractivity contribution in [2.24, 2.45) is 0 Å². The molecule has 3 atom stereocenters. The van der Waals surface area contributed by atoms with E-state index in [4.69, 9.17) is 0 Å². The van der Waals surface area contributed by atoms with Crippen molar-refractivity contribution in [3.05, 3.63) is 42.0 Å². The largest absolute Gasteiger partial charge is 0.507 e. The monoisotopic (exact) mass is 433 g/mol. The first-order chi connectivity index (χ1) is 15.6. The first-order valence-electron chi connectivity index (χ1n) is 11.7. The van der Waals surface area contributed by atoms with Gasteiger partial charge in [-0.15, -0.1) is 10.2 Å². The van der Waals surface area contributed by atoms with Gasteiger partial charge in [0, 0.05) is 49.9 Å². The Balaban J connectivity index is 1.26. The third-order valence-electron chi connectivity index (χ3n) is 7.13. The predicted octanol–water partition coefficient (Wildman–Crippen LogP) is 3.20. The van der Waals surface area contributed by atoms with Gasteiger partial charge in [0.15, 0.2) is 5.82 Å². The first kappa shape index (κ1) is 20.9. The molecule has 0 saturated carbocycles. The molecule has 0 radical (unpaired) electrons. The zero-order valence-corrected chi connectivity index (χ0v) is 18.6. The van der Waals surface area contributed by atoms with Crippen molar-refractivity contribution < 1.29 is 9.90 Å². The van der Waals surface area contributed by atoms with E-state index in [2.05, 4.69) is 27.5 Å². The van der Waals surface area contributed by atoms with Gasteiger partial charge in [-0.25, -0.2) is 0 Å². The Morgan fingerprint density at radius 1 is 1.12 bits per heavy atom. The quantitative estimate of drug-likeness (QED) is 0.705. The van der Waals surface area contributed by atoms with Crippen LogP contribution in [0, 0.1) is 0 Å². The fraction of sp³-hybridized carbons (Fsp3) is 0.480. The van der Waals surface area contributed by atoms with Crippen LogP contribution in [-0.2, 0) is 4.79 Å². The lowest BCUT2D eigenvalue weighted by Gasteiger charge is -2.43. The number of hydrogen-bond acceptors (Lipinski definition) is 6. The molecule has 1 unspecified atom stereocenters. The van der Waals surface area contributed by atoms with Crippen molar-refractivity contribution in [3.63, 3.8) is 0 Å². The average Bonchev–Trinajstić information content (AvgIpc) is 2.76. The Morgan fingerprint density at radius 3 is 2.53 bits per heavy atom. The van der Waals surface area contributed by atoms with E-state index in [0.29, 0.717) is 29.4 Å². The lowest BCUT2D eigenvalue weighted by atomic mass is 9.83. The van der Waals surface area contributed by atoms with Gasteiger partial charge in [-0.3, -0.25) is 4.79 Å². The van der Waals surface area contributed by atoms with E-state index in [1.807, 2.05) is 24.3 Å². The van der Waals surface area contributed by atoms with Crippen molar-refractivity contribution >= 4 is 17.8 Å². The maximum absolute atomic E-state index is 12.0. The molecule has 0 spiro atoms. The highest BCUT2D eigenvalue weighted by molar-refractivity contribution is 5.92. The summed E-state index contributed by atoms with van der Waals surface area (Å²) in [5.41, 5.74) is 2.05. The molecule has 2 bridgehead atoms. The number of rotatable bonds is 5. The lowest BCUT2D eigenvalue weighted by molar-refractivity contribution is -0.129. The molecule has 2 N–H and O–H groups in total. The maximum atomic E-state index is 12.0. The van der Waals surface area contributed by atoms with Crippen LogP contribution in [0.2, 0.25) is 0 Å². The topological polar surface area (TPSA) is 81.6 Å². The summed E-state index contributed by atoms with van der Waals surface area (Å²) in [6.45, 7) is 1.66. The van der Waals surface area contributed by atoms with Crippen LogP contribution < -0.4 is 10.2 Å². The van der Waals surface area contributed by atoms with E-state index >= 15 is 0 Å². The standard InChI is InChI=1S/C25H31N5O2/c1-29(20-15-18-4-2-5-19(16-20)26-18)24-10-9-22(27-28-24)21-8-6-17(14-23(21)31)7-11-25(32)30-12-3-13-30/h6-11,14,18-20,26,31H,2-5,12-13,15-16H2,1H3/b11-7+/t18-,19+,20?. The highest BCUT2D eigenvalue weighted by atomic mass is 16.3. The van der Waals surface area contributed by atoms with Gasteiger partial charge >= 0.3 is 0 Å². The summed E-state index contributed by atoms with van der Waals surface area (Å²) >= 11 is 0. The van der Waals surface area contributed by atoms with Crippen LogP contribution in [0.25, 0.3) is 17.3 Å². The summed E-state index contributed by atoms with van der Waals surface area (Å²) in [5.74, 6) is 1.01. The molecule has 4 heterocycles. The maximum Gasteiger partial charge on any atom is 0.246 e. The second kappa shape index (κ2) is 8.90. The molecule has 168 valence electrons. The second-order valence-electron chi connectivity index (χ2n) is 9.29. The number of hydrogen-bond donors (Lipinski definition) is 2. The van der Waals surface area contributed by atoms with Crippen LogP contribution in [0.4, 0.5) is 5.82 Å². The number of piperidine rings is 2. The Morgan fingerprint density at radius 2 is 1.91 bits per heavy atom. The van der Waals surface area contributed by atoms with Crippen molar-refractivity contribution in [2.45, 2.75) is 56.7 Å². The summed E-state index contributed by atoms with van der Waals surface area (Å²) in [7, 11) is 2.11. The van der Waals surface area contributed by atoms with E-state index in [1.54, 1.807) is 23.1 Å². The molecule has 3 aliphatic rings. The molecule has 3 saturated heterocycles. The molecule has 3 aliphatic heterocycles. The normalized spacial score (nSPS) is 24.9. The van der Waals surface area contributed by atoms with Crippen LogP contribution in [0.5, 0.6) is 5.75 Å². The van der Waals surface area contributed by atoms with Gasteiger partial charge < -0.3 is 20.2 Å². The number of carbonyl (C=O) groups is 1. The number of carbonyl (C=O) groups excluding carboxylic acids is 1. The fourth-order valence-electron chi connectivity index (χ4n) is 5.07. The van der Waals surface area contributed by atoms with E-state index in [1.165, 1.54) is 19.3 Å². The number of nitrogens with one attached hydrogen (secondary N) is 1. The number of benzene rings is 1. The Kier molecular flexibility index (Phi) is 5.83. The molecule has 0 aliphatic carbocycles. The molecule has 7 heteroatoms. The molecule has 3 fully saturated rings. The number of likely N-dealkylation sites (tertiary alicyclic amines) is 1. The molecule has 7 nitrogen and oxygen atoms in total. The van der Waals surface area contributed by atoms with Crippen LogP contribution in [0.15, 0.2) is 36.4 Å². The van der Waals surface area contributed by atoms with Gasteiger partial charge in [-0.1, -0.05) is 12.5 Å². The Labute approximate surface area is 189 Å². The van der Waals surface area contributed by atoms with E-state index in [-0.39, 0.29) is 11.7 Å².